The summed E-state index contributed by atoms with van der Waals surface area (Å²) in [7, 11) is 0. The van der Waals surface area contributed by atoms with Crippen LogP contribution >= 0.6 is 0 Å². The van der Waals surface area contributed by atoms with Crippen molar-refractivity contribution in [1.82, 2.24) is 9.97 Å². The summed E-state index contributed by atoms with van der Waals surface area (Å²) >= 11 is 0. The lowest BCUT2D eigenvalue weighted by Gasteiger charge is -2.28. The molecule has 0 radical (unpaired) electrons. The van der Waals surface area contributed by atoms with Crippen molar-refractivity contribution in [2.75, 3.05) is 0 Å². The second-order valence-corrected chi connectivity index (χ2v) is 16.3. The summed E-state index contributed by atoms with van der Waals surface area (Å²) in [6.45, 7) is 7.05. The first-order valence-corrected chi connectivity index (χ1v) is 19.9. The Morgan fingerprint density at radius 3 is 1.60 bits per heavy atom. The number of fused-ring (bicyclic) bond motifs is 7. The van der Waals surface area contributed by atoms with Crippen LogP contribution in [-0.2, 0) is 10.8 Å². The predicted octanol–water partition coefficient (Wildman–Crippen LogP) is 13.9. The molecular weight excluding hydrogens is 689 g/mol. The molecule has 9 aromatic rings. The third kappa shape index (κ3) is 5.03. The van der Waals surface area contributed by atoms with Crippen LogP contribution in [0.5, 0.6) is 0 Å². The monoisotopic (exact) mass is 728 g/mol. The van der Waals surface area contributed by atoms with E-state index in [1.807, 2.05) is 6.07 Å². The molecule has 1 unspecified atom stereocenters. The Morgan fingerprint density at radius 2 is 0.842 bits per heavy atom. The van der Waals surface area contributed by atoms with Gasteiger partial charge in [0, 0.05) is 27.5 Å². The van der Waals surface area contributed by atoms with Gasteiger partial charge in [0.1, 0.15) is 0 Å². The fourth-order valence-corrected chi connectivity index (χ4v) is 9.83. The Kier molecular flexibility index (Phi) is 7.37. The van der Waals surface area contributed by atoms with Gasteiger partial charge in [-0.2, -0.15) is 0 Å². The Labute approximate surface area is 334 Å². The largest absolute Gasteiger partial charge is 0.228 e. The van der Waals surface area contributed by atoms with Crippen molar-refractivity contribution >= 4 is 10.8 Å². The Morgan fingerprint density at radius 1 is 0.333 bits per heavy atom. The van der Waals surface area contributed by atoms with Gasteiger partial charge in [-0.05, 0) is 97.1 Å². The van der Waals surface area contributed by atoms with Crippen LogP contribution < -0.4 is 0 Å². The summed E-state index contributed by atoms with van der Waals surface area (Å²) in [6.07, 6.45) is 0. The van der Waals surface area contributed by atoms with Gasteiger partial charge in [0.05, 0.1) is 11.4 Å². The molecular formula is C55H40N2. The third-order valence-electron chi connectivity index (χ3n) is 12.8. The highest BCUT2D eigenvalue weighted by Crippen LogP contribution is 2.54. The van der Waals surface area contributed by atoms with Crippen LogP contribution in [0.15, 0.2) is 188 Å². The van der Waals surface area contributed by atoms with E-state index < -0.39 is 0 Å². The highest BCUT2D eigenvalue weighted by Gasteiger charge is 2.41. The summed E-state index contributed by atoms with van der Waals surface area (Å²) in [5.74, 6) is 0.720. The zero-order valence-electron chi connectivity index (χ0n) is 32.3. The highest BCUT2D eigenvalue weighted by molar-refractivity contribution is 6.05. The van der Waals surface area contributed by atoms with Gasteiger partial charge >= 0.3 is 0 Å². The molecule has 0 saturated heterocycles. The van der Waals surface area contributed by atoms with E-state index in [1.54, 1.807) is 0 Å². The first-order valence-electron chi connectivity index (χ1n) is 19.9. The zero-order chi connectivity index (χ0) is 38.3. The van der Waals surface area contributed by atoms with Crippen LogP contribution in [0.4, 0.5) is 0 Å². The fourth-order valence-electron chi connectivity index (χ4n) is 9.83. The molecule has 2 aliphatic carbocycles. The molecule has 8 aromatic carbocycles. The van der Waals surface area contributed by atoms with Gasteiger partial charge in [-0.3, -0.25) is 0 Å². The van der Waals surface area contributed by atoms with Gasteiger partial charge in [-0.15, -0.1) is 0 Å². The summed E-state index contributed by atoms with van der Waals surface area (Å²) in [4.78, 5) is 10.5. The van der Waals surface area contributed by atoms with Gasteiger partial charge in [0.25, 0.3) is 0 Å². The number of rotatable bonds is 5. The first-order chi connectivity index (χ1) is 27.9. The lowest BCUT2D eigenvalue weighted by Crippen LogP contribution is -2.22. The standard InChI is InChI=1S/C55H40N2/c1-54(2)47-24-14-12-22-42(47)44-29-27-37(33-49(44)54)51-34-52(57-53(56-51)35-16-6-4-7-17-35)46-31-30-39(40-20-10-11-21-41(40)46)36-26-28-45-43-23-13-15-25-48(43)55(3,50(45)32-36)38-18-8-5-9-19-38/h4-34H,1-3H3. The molecule has 2 nitrogen and oxygen atoms in total. The molecule has 0 amide bonds. The van der Waals surface area contributed by atoms with E-state index in [9.17, 15) is 0 Å². The number of benzene rings is 8. The molecule has 2 heteroatoms. The molecule has 0 spiro atoms. The number of aromatic nitrogens is 2. The van der Waals surface area contributed by atoms with E-state index in [2.05, 4.69) is 203 Å². The SMILES string of the molecule is CC1(C)c2ccccc2-c2ccc(-c3cc(-c4ccc(-c5ccc6c(c5)C(C)(c5ccccc5)c5ccccc5-6)c5ccccc45)nc(-c4ccccc4)n3)cc21. The van der Waals surface area contributed by atoms with Crippen LogP contribution in [0.1, 0.15) is 48.6 Å². The van der Waals surface area contributed by atoms with Gasteiger partial charge in [0.2, 0.25) is 0 Å². The second kappa shape index (κ2) is 12.6. The number of nitrogens with zero attached hydrogens (tertiary/aromatic N) is 2. The second-order valence-electron chi connectivity index (χ2n) is 16.3. The summed E-state index contributed by atoms with van der Waals surface area (Å²) < 4.78 is 0. The van der Waals surface area contributed by atoms with Crippen LogP contribution in [0, 0.1) is 0 Å². The van der Waals surface area contributed by atoms with E-state index in [1.165, 1.54) is 72.0 Å². The molecule has 1 heterocycles. The molecule has 270 valence electrons. The van der Waals surface area contributed by atoms with Crippen LogP contribution in [0.3, 0.4) is 0 Å². The Hall–Kier alpha value is -6.90. The van der Waals surface area contributed by atoms with Crippen LogP contribution in [0.2, 0.25) is 0 Å². The molecule has 2 aliphatic rings. The van der Waals surface area contributed by atoms with Crippen molar-refractivity contribution in [2.45, 2.75) is 31.6 Å². The molecule has 1 atom stereocenters. The minimum Gasteiger partial charge on any atom is -0.228 e. The van der Waals surface area contributed by atoms with Crippen molar-refractivity contribution in [3.05, 3.63) is 216 Å². The Balaban J connectivity index is 1.07. The normalized spacial score (nSPS) is 15.8. The topological polar surface area (TPSA) is 25.8 Å². The van der Waals surface area contributed by atoms with Crippen molar-refractivity contribution < 1.29 is 0 Å². The molecule has 0 saturated carbocycles. The fraction of sp³-hybridized carbons (Fsp3) is 0.0909. The van der Waals surface area contributed by atoms with E-state index in [4.69, 9.17) is 9.97 Å². The zero-order valence-corrected chi connectivity index (χ0v) is 32.3. The average molecular weight is 729 g/mol. The van der Waals surface area contributed by atoms with Crippen LogP contribution in [0.25, 0.3) is 78.1 Å². The molecule has 1 aromatic heterocycles. The van der Waals surface area contributed by atoms with Crippen LogP contribution in [-0.4, -0.2) is 9.97 Å². The third-order valence-corrected chi connectivity index (χ3v) is 12.8. The summed E-state index contributed by atoms with van der Waals surface area (Å²) in [6, 6.07) is 68.5. The molecule has 11 rings (SSSR count). The number of hydrogen-bond donors (Lipinski definition) is 0. The van der Waals surface area contributed by atoms with Gasteiger partial charge < -0.3 is 0 Å². The first kappa shape index (κ1) is 33.4. The highest BCUT2D eigenvalue weighted by atomic mass is 14.9. The van der Waals surface area contributed by atoms with E-state index in [-0.39, 0.29) is 10.8 Å². The van der Waals surface area contributed by atoms with Gasteiger partial charge in [-0.1, -0.05) is 184 Å². The average Bonchev–Trinajstić information content (AvgIpc) is 3.67. The van der Waals surface area contributed by atoms with Crippen molar-refractivity contribution in [2.24, 2.45) is 0 Å². The summed E-state index contributed by atoms with van der Waals surface area (Å²) in [5, 5.41) is 2.36. The Bertz CT molecular complexity index is 3050. The quantitative estimate of drug-likeness (QED) is 0.176. The maximum absolute atomic E-state index is 5.30. The van der Waals surface area contributed by atoms with Gasteiger partial charge in [0.15, 0.2) is 5.82 Å². The smallest absolute Gasteiger partial charge is 0.160 e. The lowest BCUT2D eigenvalue weighted by molar-refractivity contribution is 0.660. The van der Waals surface area contributed by atoms with E-state index >= 15 is 0 Å². The van der Waals surface area contributed by atoms with E-state index in [0.717, 1.165) is 33.9 Å². The lowest BCUT2D eigenvalue weighted by atomic mass is 9.74. The minimum absolute atomic E-state index is 0.106. The maximum Gasteiger partial charge on any atom is 0.160 e. The van der Waals surface area contributed by atoms with Gasteiger partial charge in [-0.25, -0.2) is 9.97 Å². The number of hydrogen-bond acceptors (Lipinski definition) is 2. The van der Waals surface area contributed by atoms with E-state index in [0.29, 0.717) is 0 Å². The summed E-state index contributed by atoms with van der Waals surface area (Å²) in [5.41, 5.74) is 19.0. The minimum atomic E-state index is -0.264. The van der Waals surface area contributed by atoms with Crippen molar-refractivity contribution in [1.29, 1.82) is 0 Å². The van der Waals surface area contributed by atoms with Crippen molar-refractivity contribution in [3.63, 3.8) is 0 Å². The molecule has 0 N–H and O–H groups in total. The molecule has 57 heavy (non-hydrogen) atoms. The molecule has 0 aliphatic heterocycles. The predicted molar refractivity (Wildman–Crippen MR) is 236 cm³/mol. The maximum atomic E-state index is 5.30. The molecule has 0 bridgehead atoms. The molecule has 0 fully saturated rings. The van der Waals surface area contributed by atoms with Crippen molar-refractivity contribution in [3.8, 4) is 67.3 Å².